The first-order valence-corrected chi connectivity index (χ1v) is 4.98. The number of carbonyl (C=O) groups is 1. The van der Waals surface area contributed by atoms with Crippen LogP contribution in [0.1, 0.15) is 11.1 Å². The van der Waals surface area contributed by atoms with Crippen LogP contribution in [0.15, 0.2) is 23.1 Å². The van der Waals surface area contributed by atoms with Crippen LogP contribution in [0.4, 0.5) is 0 Å². The number of thioether (sulfide) groups is 1. The third kappa shape index (κ3) is 4.95. The Morgan fingerprint density at radius 1 is 1.36 bits per heavy atom. The van der Waals surface area contributed by atoms with Crippen LogP contribution in [0.3, 0.4) is 0 Å². The van der Waals surface area contributed by atoms with Gasteiger partial charge in [-0.25, -0.2) is 0 Å². The van der Waals surface area contributed by atoms with Gasteiger partial charge in [0.2, 0.25) is 0 Å². The van der Waals surface area contributed by atoms with Crippen molar-refractivity contribution in [3.05, 3.63) is 29.3 Å². The number of benzene rings is 1. The molecule has 0 saturated carbocycles. The fourth-order valence-electron chi connectivity index (χ4n) is 0.946. The first kappa shape index (κ1) is 14.7. The van der Waals surface area contributed by atoms with Crippen LogP contribution in [0.2, 0.25) is 0 Å². The van der Waals surface area contributed by atoms with Gasteiger partial charge >= 0.3 is 0 Å². The van der Waals surface area contributed by atoms with Gasteiger partial charge in [0.15, 0.2) is 0 Å². The number of aliphatic carboxylic acids is 1. The molecule has 0 saturated heterocycles. The Balaban J connectivity index is 0.00000169. The van der Waals surface area contributed by atoms with E-state index in [1.165, 1.54) is 22.9 Å². The molecule has 0 unspecified atom stereocenters. The summed E-state index contributed by atoms with van der Waals surface area (Å²) in [4.78, 5) is 11.2. The van der Waals surface area contributed by atoms with E-state index in [4.69, 9.17) is 0 Å². The van der Waals surface area contributed by atoms with Gasteiger partial charge < -0.3 is 9.90 Å². The van der Waals surface area contributed by atoms with Gasteiger partial charge in [-0.1, -0.05) is 6.07 Å². The van der Waals surface area contributed by atoms with Gasteiger partial charge in [-0.3, -0.25) is 0 Å². The minimum atomic E-state index is -1.02. The van der Waals surface area contributed by atoms with Crippen molar-refractivity contribution >= 4 is 69.1 Å². The third-order valence-electron chi connectivity index (χ3n) is 1.84. The van der Waals surface area contributed by atoms with Crippen LogP contribution in [-0.2, 0) is 4.79 Å². The maximum Gasteiger partial charge on any atom is 0.0517 e. The molecule has 0 amide bonds. The van der Waals surface area contributed by atoms with Crippen molar-refractivity contribution in [3.8, 4) is 0 Å². The molecule has 0 N–H and O–H groups in total. The molecule has 14 heavy (non-hydrogen) atoms. The predicted molar refractivity (Wildman–Crippen MR) is 57.4 cm³/mol. The molecule has 2 nitrogen and oxygen atoms in total. The minimum Gasteiger partial charge on any atom is -0.549 e. The summed E-state index contributed by atoms with van der Waals surface area (Å²) in [5, 5.41) is 10.2. The van der Waals surface area contributed by atoms with Crippen molar-refractivity contribution in [1.82, 2.24) is 0 Å². The van der Waals surface area contributed by atoms with Gasteiger partial charge in [0.25, 0.3) is 0 Å². The molecule has 0 aliphatic heterocycles. The molecule has 71 valence electrons. The Bertz CT molecular complexity index is 326. The fourth-order valence-corrected chi connectivity index (χ4v) is 1.65. The second-order valence-corrected chi connectivity index (χ2v) is 3.96. The van der Waals surface area contributed by atoms with Crippen molar-refractivity contribution in [2.45, 2.75) is 18.7 Å². The smallest absolute Gasteiger partial charge is 0.0517 e. The number of aryl methyl sites for hydroxylation is 2. The monoisotopic (exact) mass is 234 g/mol. The normalized spacial score (nSPS) is 9.29. The summed E-state index contributed by atoms with van der Waals surface area (Å²) >= 11 is 1.29. The zero-order valence-electron chi connectivity index (χ0n) is 8.66. The predicted octanol–water partition coefficient (Wildman–Crippen LogP) is 0.765. The SMILES string of the molecule is Cc1ccc(SCC(=O)[O-])cc1C.[K]. The summed E-state index contributed by atoms with van der Waals surface area (Å²) < 4.78 is 0. The second kappa shape index (κ2) is 7.03. The minimum absolute atomic E-state index is 0. The first-order chi connectivity index (χ1) is 6.09. The van der Waals surface area contributed by atoms with E-state index in [1.807, 2.05) is 32.0 Å². The van der Waals surface area contributed by atoms with E-state index in [0.717, 1.165) is 4.90 Å². The molecule has 0 aliphatic rings. The standard InChI is InChI=1S/C10H12O2S.K/c1-7-3-4-9(5-8(7)2)13-6-10(11)12;/h3-5H,6H2,1-2H3,(H,11,12);/p-1. The molecule has 1 radical (unpaired) electrons. The third-order valence-corrected chi connectivity index (χ3v) is 2.80. The second-order valence-electron chi connectivity index (χ2n) is 2.91. The number of carboxylic acid groups (broad SMARTS) is 1. The van der Waals surface area contributed by atoms with E-state index in [2.05, 4.69) is 0 Å². The zero-order chi connectivity index (χ0) is 9.84. The van der Waals surface area contributed by atoms with Gasteiger partial charge in [0.05, 0.1) is 5.97 Å². The molecule has 1 rings (SSSR count). The van der Waals surface area contributed by atoms with Crippen molar-refractivity contribution in [2.24, 2.45) is 0 Å². The summed E-state index contributed by atoms with van der Waals surface area (Å²) in [6.45, 7) is 4.04. The van der Waals surface area contributed by atoms with Crippen molar-refractivity contribution in [3.63, 3.8) is 0 Å². The van der Waals surface area contributed by atoms with Crippen LogP contribution >= 0.6 is 11.8 Å². The Labute approximate surface area is 131 Å². The summed E-state index contributed by atoms with van der Waals surface area (Å²) in [6.07, 6.45) is 0. The average molecular weight is 234 g/mol. The Kier molecular flexibility index (Phi) is 7.37. The molecule has 1 aromatic carbocycles. The molecule has 0 atom stereocenters. The van der Waals surface area contributed by atoms with E-state index >= 15 is 0 Å². The van der Waals surface area contributed by atoms with E-state index in [-0.39, 0.29) is 57.1 Å². The number of hydrogen-bond acceptors (Lipinski definition) is 3. The van der Waals surface area contributed by atoms with Crippen molar-refractivity contribution < 1.29 is 9.90 Å². The van der Waals surface area contributed by atoms with Gasteiger partial charge in [-0.2, -0.15) is 0 Å². The topological polar surface area (TPSA) is 40.1 Å². The average Bonchev–Trinajstić information content (AvgIpc) is 2.07. The Morgan fingerprint density at radius 3 is 2.50 bits per heavy atom. The Hall–Kier alpha value is 0.676. The van der Waals surface area contributed by atoms with E-state index in [0.29, 0.717) is 0 Å². The van der Waals surface area contributed by atoms with Crippen LogP contribution < -0.4 is 5.11 Å². The van der Waals surface area contributed by atoms with E-state index < -0.39 is 5.97 Å². The molecule has 0 heterocycles. The summed E-state index contributed by atoms with van der Waals surface area (Å²) in [5.41, 5.74) is 2.40. The molecule has 0 spiro atoms. The summed E-state index contributed by atoms with van der Waals surface area (Å²) in [6, 6.07) is 5.91. The largest absolute Gasteiger partial charge is 0.549 e. The van der Waals surface area contributed by atoms with Gasteiger partial charge in [0.1, 0.15) is 0 Å². The van der Waals surface area contributed by atoms with Crippen LogP contribution in [0, 0.1) is 13.8 Å². The van der Waals surface area contributed by atoms with Gasteiger partial charge in [-0.15, -0.1) is 11.8 Å². The van der Waals surface area contributed by atoms with Crippen molar-refractivity contribution in [2.75, 3.05) is 5.75 Å². The van der Waals surface area contributed by atoms with Gasteiger partial charge in [0, 0.05) is 62.0 Å². The fraction of sp³-hybridized carbons (Fsp3) is 0.300. The van der Waals surface area contributed by atoms with Crippen molar-refractivity contribution in [1.29, 1.82) is 0 Å². The zero-order valence-corrected chi connectivity index (χ0v) is 12.6. The quantitative estimate of drug-likeness (QED) is 0.573. The molecule has 1 aromatic rings. The summed E-state index contributed by atoms with van der Waals surface area (Å²) in [5.74, 6) is -1.01. The number of carboxylic acids is 1. The number of carbonyl (C=O) groups excluding carboxylic acids is 1. The first-order valence-electron chi connectivity index (χ1n) is 3.99. The number of rotatable bonds is 3. The van der Waals surface area contributed by atoms with Crippen LogP contribution in [0.25, 0.3) is 0 Å². The summed E-state index contributed by atoms with van der Waals surface area (Å²) in [7, 11) is 0. The molecular formula is C10H11KO2S-. The number of hydrogen-bond donors (Lipinski definition) is 0. The molecular weight excluding hydrogens is 223 g/mol. The maximum absolute atomic E-state index is 10.2. The molecule has 0 bridgehead atoms. The molecule has 4 heteroatoms. The molecule has 0 aromatic heterocycles. The molecule has 0 aliphatic carbocycles. The van der Waals surface area contributed by atoms with Crippen LogP contribution in [-0.4, -0.2) is 63.1 Å². The van der Waals surface area contributed by atoms with E-state index in [1.54, 1.807) is 0 Å². The van der Waals surface area contributed by atoms with Crippen LogP contribution in [0.5, 0.6) is 0 Å². The maximum atomic E-state index is 10.2. The van der Waals surface area contributed by atoms with E-state index in [9.17, 15) is 9.90 Å². The molecule has 0 fully saturated rings. The van der Waals surface area contributed by atoms with Gasteiger partial charge in [-0.05, 0) is 37.1 Å². The Morgan fingerprint density at radius 2 is 2.00 bits per heavy atom.